The summed E-state index contributed by atoms with van der Waals surface area (Å²) in [6, 6.07) is 21.5. The maximum atomic E-state index is 13.1. The first-order valence-electron chi connectivity index (χ1n) is 7.50. The van der Waals surface area contributed by atoms with Crippen molar-refractivity contribution < 1.29 is 31.0 Å². The zero-order chi connectivity index (χ0) is 19.9. The molecule has 3 aromatic carbocycles. The van der Waals surface area contributed by atoms with Crippen LogP contribution in [0, 0.1) is 5.82 Å². The van der Waals surface area contributed by atoms with Crippen LogP contribution in [-0.4, -0.2) is 0 Å². The molecule has 0 aliphatic carbocycles. The third-order valence-electron chi connectivity index (χ3n) is 3.56. The third kappa shape index (κ3) is 5.65. The molecular weight excluding hydrogens is 412 g/mol. The Morgan fingerprint density at radius 1 is 0.667 bits per heavy atom. The van der Waals surface area contributed by atoms with Gasteiger partial charge in [0.15, 0.2) is 0 Å². The molecule has 0 nitrogen and oxygen atoms in total. The van der Waals surface area contributed by atoms with Crippen LogP contribution in [0.1, 0.15) is 1.43 Å². The van der Waals surface area contributed by atoms with Crippen molar-refractivity contribution >= 4 is 39.3 Å². The summed E-state index contributed by atoms with van der Waals surface area (Å²) in [6.07, 6.45) is 0. The zero-order valence-corrected chi connectivity index (χ0v) is 15.1. The van der Waals surface area contributed by atoms with E-state index < -0.39 is 7.81 Å². The van der Waals surface area contributed by atoms with Crippen LogP contribution in [0.3, 0.4) is 0 Å². The molecular formula is C18H12F7PS. The molecule has 0 radical (unpaired) electrons. The van der Waals surface area contributed by atoms with Gasteiger partial charge in [-0.25, -0.2) is 4.39 Å². The van der Waals surface area contributed by atoms with E-state index in [-0.39, 0.29) is 7.24 Å². The Morgan fingerprint density at radius 2 is 1.22 bits per heavy atom. The van der Waals surface area contributed by atoms with E-state index in [1.807, 2.05) is 12.1 Å². The zero-order valence-electron chi connectivity index (χ0n) is 14.4. The Bertz CT molecular complexity index is 1110. The molecule has 0 amide bonds. The van der Waals surface area contributed by atoms with E-state index in [1.54, 1.807) is 11.3 Å². The number of hydrogen-bond donors (Lipinski definition) is 0. The second-order valence-electron chi connectivity index (χ2n) is 5.74. The molecule has 0 spiro atoms. The molecule has 0 bridgehead atoms. The van der Waals surface area contributed by atoms with Gasteiger partial charge >= 0.3 is 34.4 Å². The van der Waals surface area contributed by atoms with Crippen LogP contribution in [-0.2, 0) is 0 Å². The van der Waals surface area contributed by atoms with Gasteiger partial charge in [-0.05, 0) is 35.4 Å². The number of thiophene rings is 1. The van der Waals surface area contributed by atoms with E-state index >= 15 is 0 Å². The molecule has 4 rings (SSSR count). The van der Waals surface area contributed by atoms with Gasteiger partial charge in [-0.3, -0.25) is 0 Å². The van der Waals surface area contributed by atoms with E-state index in [0.29, 0.717) is 0 Å². The summed E-state index contributed by atoms with van der Waals surface area (Å²) in [5.41, 5.74) is 2.22. The molecule has 0 unspecified atom stereocenters. The average molecular weight is 424 g/mol. The first-order valence-corrected chi connectivity index (χ1v) is 10.3. The summed E-state index contributed by atoms with van der Waals surface area (Å²) in [7, 11) is -10.7. The van der Waals surface area contributed by atoms with Crippen LogP contribution in [0.25, 0.3) is 31.3 Å². The smallest absolute Gasteiger partial charge is 0.207 e. The van der Waals surface area contributed by atoms with Gasteiger partial charge in [0.25, 0.3) is 0 Å². The van der Waals surface area contributed by atoms with Gasteiger partial charge in [0.1, 0.15) is 5.82 Å². The molecule has 0 atom stereocenters. The number of halogens is 7. The molecule has 0 fully saturated rings. The van der Waals surface area contributed by atoms with Crippen molar-refractivity contribution in [1.82, 2.24) is 0 Å². The molecule has 0 aliphatic heterocycles. The van der Waals surface area contributed by atoms with E-state index in [2.05, 4.69) is 42.5 Å². The van der Waals surface area contributed by atoms with E-state index in [9.17, 15) is 29.6 Å². The fraction of sp³-hybridized carbons (Fsp3) is 0. The predicted octanol–water partition coefficient (Wildman–Crippen LogP) is 9.36. The molecule has 0 saturated heterocycles. The van der Waals surface area contributed by atoms with E-state index in [0.717, 1.165) is 5.56 Å². The molecule has 0 N–H and O–H groups in total. The van der Waals surface area contributed by atoms with Gasteiger partial charge in [0.2, 0.25) is 0 Å². The largest absolute Gasteiger partial charge is 1.00 e. The van der Waals surface area contributed by atoms with Gasteiger partial charge in [0, 0.05) is 20.2 Å². The Kier molecular flexibility index (Phi) is 4.28. The van der Waals surface area contributed by atoms with Crippen LogP contribution >= 0.6 is 19.1 Å². The molecule has 0 saturated carbocycles. The third-order valence-corrected chi connectivity index (χ3v) is 4.69. The minimum Gasteiger partial charge on any atom is -0.207 e. The van der Waals surface area contributed by atoms with Crippen molar-refractivity contribution in [3.63, 3.8) is 0 Å². The van der Waals surface area contributed by atoms with Crippen molar-refractivity contribution in [2.24, 2.45) is 0 Å². The summed E-state index contributed by atoms with van der Waals surface area (Å²) < 4.78 is 74.9. The van der Waals surface area contributed by atoms with Crippen molar-refractivity contribution in [1.29, 1.82) is 0 Å². The Hall–Kier alpha value is -2.18. The summed E-state index contributed by atoms with van der Waals surface area (Å²) in [4.78, 5) is 0. The number of benzene rings is 3. The Labute approximate surface area is 154 Å². The minimum atomic E-state index is -10.7. The molecule has 27 heavy (non-hydrogen) atoms. The van der Waals surface area contributed by atoms with Crippen LogP contribution in [0.5, 0.6) is 0 Å². The van der Waals surface area contributed by atoms with Crippen molar-refractivity contribution in [3.8, 4) is 11.1 Å². The quantitative estimate of drug-likeness (QED) is 0.211. The van der Waals surface area contributed by atoms with Crippen LogP contribution in [0.2, 0.25) is 0 Å². The van der Waals surface area contributed by atoms with Gasteiger partial charge in [-0.15, -0.1) is 11.3 Å². The second kappa shape index (κ2) is 5.91. The fourth-order valence-electron chi connectivity index (χ4n) is 2.64. The second-order valence-corrected chi connectivity index (χ2v) is 8.74. The van der Waals surface area contributed by atoms with Crippen molar-refractivity contribution in [2.45, 2.75) is 0 Å². The first kappa shape index (κ1) is 19.6. The van der Waals surface area contributed by atoms with Gasteiger partial charge in [-0.1, -0.05) is 42.5 Å². The number of fused-ring (bicyclic) bond motifs is 3. The van der Waals surface area contributed by atoms with Gasteiger partial charge < -0.3 is 0 Å². The molecule has 4 aromatic rings. The monoisotopic (exact) mass is 424 g/mol. The minimum absolute atomic E-state index is 0. The average Bonchev–Trinajstić information content (AvgIpc) is 2.91. The summed E-state index contributed by atoms with van der Waals surface area (Å²) in [5, 5.41) is 2.53. The molecule has 1 heterocycles. The van der Waals surface area contributed by atoms with Crippen LogP contribution in [0.15, 0.2) is 66.7 Å². The summed E-state index contributed by atoms with van der Waals surface area (Å²) in [6.45, 7) is 0. The first-order chi connectivity index (χ1) is 12.3. The Balaban J connectivity index is 0.000000306. The summed E-state index contributed by atoms with van der Waals surface area (Å²) in [5.74, 6) is -0.198. The fourth-order valence-corrected chi connectivity index (χ4v) is 3.78. The van der Waals surface area contributed by atoms with Crippen molar-refractivity contribution in [2.75, 3.05) is 0 Å². The SMILES string of the molecule is F[P-](F)(F)(F)(F)F.Fc1ccc(-c2cccc3sc4ccccc4c23)cc1.[H+]. The molecule has 0 aliphatic rings. The molecule has 144 valence electrons. The number of hydrogen-bond acceptors (Lipinski definition) is 1. The van der Waals surface area contributed by atoms with Gasteiger partial charge in [-0.2, -0.15) is 0 Å². The summed E-state index contributed by atoms with van der Waals surface area (Å²) >= 11 is 1.80. The topological polar surface area (TPSA) is 0 Å². The number of rotatable bonds is 1. The Morgan fingerprint density at radius 3 is 1.85 bits per heavy atom. The standard InChI is InChI=1S/C18H11FS.F6P/c19-13-10-8-12(9-11-13)14-5-3-7-17-18(14)15-4-1-2-6-16(15)20-17;1-7(2,3,4,5)6/h1-11H;/q;-1/p+1. The maximum absolute atomic E-state index is 13.1. The maximum Gasteiger partial charge on any atom is 1.00 e. The van der Waals surface area contributed by atoms with Gasteiger partial charge in [0.05, 0.1) is 0 Å². The van der Waals surface area contributed by atoms with E-state index in [4.69, 9.17) is 0 Å². The van der Waals surface area contributed by atoms with Crippen molar-refractivity contribution in [3.05, 3.63) is 72.5 Å². The van der Waals surface area contributed by atoms with Crippen LogP contribution < -0.4 is 0 Å². The van der Waals surface area contributed by atoms with E-state index in [1.165, 1.54) is 37.9 Å². The van der Waals surface area contributed by atoms with Crippen LogP contribution in [0.4, 0.5) is 29.6 Å². The molecule has 1 aromatic heterocycles. The normalized spacial score (nSPS) is 14.3. The molecule has 9 heteroatoms. The predicted molar refractivity (Wildman–Crippen MR) is 99.4 cm³/mol.